The molecule has 4 rings (SSSR count). The molecule has 1 aliphatic rings. The maximum atomic E-state index is 13.8. The van der Waals surface area contributed by atoms with Crippen LogP contribution < -0.4 is 5.73 Å². The number of aromatic nitrogens is 3. The zero-order chi connectivity index (χ0) is 16.9. The number of rotatable bonds is 4. The first kappa shape index (κ1) is 14.7. The molecule has 0 bridgehead atoms. The van der Waals surface area contributed by atoms with Crippen molar-refractivity contribution in [3.05, 3.63) is 54.0 Å². The van der Waals surface area contributed by atoms with Crippen molar-refractivity contribution in [1.82, 2.24) is 14.8 Å². The van der Waals surface area contributed by atoms with Crippen LogP contribution in [0.3, 0.4) is 0 Å². The third-order valence-electron chi connectivity index (χ3n) is 4.53. The number of nitrogens with two attached hydrogens (primary N) is 1. The van der Waals surface area contributed by atoms with Crippen LogP contribution in [-0.2, 0) is 5.41 Å². The molecule has 5 nitrogen and oxygen atoms in total. The topological polar surface area (TPSA) is 73.8 Å². The molecule has 1 saturated carbocycles. The molecular formula is C17H14F2N4O. The first-order valence-electron chi connectivity index (χ1n) is 7.55. The molecule has 1 aliphatic carbocycles. The fourth-order valence-electron chi connectivity index (χ4n) is 3.16. The zero-order valence-corrected chi connectivity index (χ0v) is 12.6. The van der Waals surface area contributed by atoms with E-state index in [1.54, 1.807) is 42.7 Å². The van der Waals surface area contributed by atoms with Crippen LogP contribution in [0.2, 0.25) is 0 Å². The Bertz CT molecular complexity index is 932. The summed E-state index contributed by atoms with van der Waals surface area (Å²) in [7, 11) is 0. The molecule has 2 N–H and O–H groups in total. The smallest absolute Gasteiger partial charge is 0.249 e. The van der Waals surface area contributed by atoms with Gasteiger partial charge in [-0.2, -0.15) is 5.10 Å². The van der Waals surface area contributed by atoms with Gasteiger partial charge in [-0.3, -0.25) is 9.78 Å². The van der Waals surface area contributed by atoms with Crippen LogP contribution in [0.25, 0.3) is 16.6 Å². The first-order valence-corrected chi connectivity index (χ1v) is 7.55. The molecule has 2 heterocycles. The number of benzene rings is 1. The summed E-state index contributed by atoms with van der Waals surface area (Å²) in [6.07, 6.45) is 1.30. The van der Waals surface area contributed by atoms with E-state index in [-0.39, 0.29) is 5.56 Å². The Labute approximate surface area is 136 Å². The molecule has 1 amide bonds. The molecule has 1 fully saturated rings. The number of pyridine rings is 1. The lowest BCUT2D eigenvalue weighted by Gasteiger charge is -2.17. The van der Waals surface area contributed by atoms with E-state index in [1.807, 2.05) is 0 Å². The van der Waals surface area contributed by atoms with Gasteiger partial charge in [-0.25, -0.2) is 13.5 Å². The SMILES string of the molecule is NC(=O)c1cccc2nn(-c3cccnc3)c(C3(C(F)F)CC3)c12. The van der Waals surface area contributed by atoms with E-state index < -0.39 is 17.7 Å². The van der Waals surface area contributed by atoms with Crippen LogP contribution in [0.4, 0.5) is 8.78 Å². The molecular weight excluding hydrogens is 314 g/mol. The van der Waals surface area contributed by atoms with E-state index in [4.69, 9.17) is 5.73 Å². The number of carbonyl (C=O) groups is 1. The van der Waals surface area contributed by atoms with E-state index in [1.165, 1.54) is 4.68 Å². The van der Waals surface area contributed by atoms with Crippen LogP contribution >= 0.6 is 0 Å². The van der Waals surface area contributed by atoms with Crippen LogP contribution in [0.1, 0.15) is 28.9 Å². The van der Waals surface area contributed by atoms with Crippen molar-refractivity contribution in [2.24, 2.45) is 5.73 Å². The molecule has 0 radical (unpaired) electrons. The van der Waals surface area contributed by atoms with Crippen LogP contribution in [0.15, 0.2) is 42.7 Å². The lowest BCUT2D eigenvalue weighted by Crippen LogP contribution is -2.23. The van der Waals surface area contributed by atoms with Gasteiger partial charge in [0.2, 0.25) is 12.3 Å². The molecule has 3 aromatic rings. The second kappa shape index (κ2) is 5.09. The van der Waals surface area contributed by atoms with Gasteiger partial charge in [-0.1, -0.05) is 6.07 Å². The van der Waals surface area contributed by atoms with Crippen molar-refractivity contribution in [2.75, 3.05) is 0 Å². The number of hydrogen-bond donors (Lipinski definition) is 1. The van der Waals surface area contributed by atoms with E-state index >= 15 is 0 Å². The summed E-state index contributed by atoms with van der Waals surface area (Å²) >= 11 is 0. The number of carbonyl (C=O) groups excluding carboxylic acids is 1. The molecule has 0 spiro atoms. The molecule has 122 valence electrons. The maximum Gasteiger partial charge on any atom is 0.249 e. The van der Waals surface area contributed by atoms with Crippen molar-refractivity contribution in [3.63, 3.8) is 0 Å². The van der Waals surface area contributed by atoms with E-state index in [2.05, 4.69) is 10.1 Å². The Morgan fingerprint density at radius 3 is 2.62 bits per heavy atom. The second-order valence-corrected chi connectivity index (χ2v) is 5.99. The van der Waals surface area contributed by atoms with Gasteiger partial charge >= 0.3 is 0 Å². The molecule has 24 heavy (non-hydrogen) atoms. The Balaban J connectivity index is 2.10. The highest BCUT2D eigenvalue weighted by Gasteiger charge is 2.56. The third kappa shape index (κ3) is 2.01. The molecule has 7 heteroatoms. The Morgan fingerprint density at radius 2 is 2.04 bits per heavy atom. The van der Waals surface area contributed by atoms with Crippen molar-refractivity contribution in [2.45, 2.75) is 24.7 Å². The average Bonchev–Trinajstić information content (AvgIpc) is 3.29. The first-order chi connectivity index (χ1) is 11.5. The summed E-state index contributed by atoms with van der Waals surface area (Å²) in [6, 6.07) is 8.34. The Hall–Kier alpha value is -2.83. The largest absolute Gasteiger partial charge is 0.366 e. The number of halogens is 2. The average molecular weight is 328 g/mol. The molecule has 0 saturated heterocycles. The molecule has 0 unspecified atom stereocenters. The van der Waals surface area contributed by atoms with E-state index in [9.17, 15) is 13.6 Å². The van der Waals surface area contributed by atoms with Gasteiger partial charge < -0.3 is 5.73 Å². The van der Waals surface area contributed by atoms with Crippen molar-refractivity contribution >= 4 is 16.8 Å². The summed E-state index contributed by atoms with van der Waals surface area (Å²) in [4.78, 5) is 15.9. The number of amides is 1. The zero-order valence-electron chi connectivity index (χ0n) is 12.6. The quantitative estimate of drug-likeness (QED) is 0.800. The van der Waals surface area contributed by atoms with Gasteiger partial charge in [0.1, 0.15) is 0 Å². The van der Waals surface area contributed by atoms with Gasteiger partial charge in [0, 0.05) is 11.6 Å². The van der Waals surface area contributed by atoms with Crippen LogP contribution in [0.5, 0.6) is 0 Å². The normalized spacial score (nSPS) is 15.8. The minimum absolute atomic E-state index is 0.213. The lowest BCUT2D eigenvalue weighted by molar-refractivity contribution is 0.0980. The lowest BCUT2D eigenvalue weighted by atomic mass is 9.96. The summed E-state index contributed by atoms with van der Waals surface area (Å²) in [5, 5.41) is 4.86. The van der Waals surface area contributed by atoms with Gasteiger partial charge in [0.05, 0.1) is 34.1 Å². The van der Waals surface area contributed by atoms with Gasteiger partial charge in [-0.05, 0) is 37.1 Å². The van der Waals surface area contributed by atoms with Crippen molar-refractivity contribution in [1.29, 1.82) is 0 Å². The predicted octanol–water partition coefficient (Wildman–Crippen LogP) is 2.82. The molecule has 1 aromatic carbocycles. The van der Waals surface area contributed by atoms with Gasteiger partial charge in [0.15, 0.2) is 0 Å². The maximum absolute atomic E-state index is 13.8. The molecule has 0 atom stereocenters. The fourth-order valence-corrected chi connectivity index (χ4v) is 3.16. The standard InChI is InChI=1S/C17H14F2N4O/c18-16(19)17(6-7-17)14-13-11(15(20)24)4-1-5-12(13)22-23(14)10-3-2-8-21-9-10/h1-5,8-9,16H,6-7H2,(H2,20,24). The monoisotopic (exact) mass is 328 g/mol. The summed E-state index contributed by atoms with van der Waals surface area (Å²) < 4.78 is 29.1. The van der Waals surface area contributed by atoms with Gasteiger partial charge in [-0.15, -0.1) is 0 Å². The molecule has 0 aliphatic heterocycles. The van der Waals surface area contributed by atoms with Crippen molar-refractivity contribution in [3.8, 4) is 5.69 Å². The molecule has 2 aromatic heterocycles. The highest BCUT2D eigenvalue weighted by Crippen LogP contribution is 2.55. The number of alkyl halides is 2. The Morgan fingerprint density at radius 1 is 1.25 bits per heavy atom. The van der Waals surface area contributed by atoms with Crippen LogP contribution in [-0.4, -0.2) is 27.1 Å². The minimum Gasteiger partial charge on any atom is -0.366 e. The number of nitrogens with zero attached hydrogens (tertiary/aromatic N) is 3. The number of fused-ring (bicyclic) bond motifs is 1. The summed E-state index contributed by atoms with van der Waals surface area (Å²) in [5.41, 5.74) is 5.76. The van der Waals surface area contributed by atoms with Gasteiger partial charge in [0.25, 0.3) is 0 Å². The number of primary amides is 1. The predicted molar refractivity (Wildman–Crippen MR) is 84.3 cm³/mol. The highest BCUT2D eigenvalue weighted by atomic mass is 19.3. The fraction of sp³-hybridized carbons (Fsp3) is 0.235. The summed E-state index contributed by atoms with van der Waals surface area (Å²) in [6.45, 7) is 0. The van der Waals surface area contributed by atoms with Crippen molar-refractivity contribution < 1.29 is 13.6 Å². The second-order valence-electron chi connectivity index (χ2n) is 5.99. The summed E-state index contributed by atoms with van der Waals surface area (Å²) in [5.74, 6) is -0.655. The Kier molecular flexibility index (Phi) is 3.13. The number of hydrogen-bond acceptors (Lipinski definition) is 3. The van der Waals surface area contributed by atoms with E-state index in [0.717, 1.165) is 0 Å². The minimum atomic E-state index is -2.55. The highest BCUT2D eigenvalue weighted by molar-refractivity contribution is 6.07. The van der Waals surface area contributed by atoms with E-state index in [0.29, 0.717) is 35.1 Å². The van der Waals surface area contributed by atoms with Crippen LogP contribution in [0, 0.1) is 0 Å². The third-order valence-corrected chi connectivity index (χ3v) is 4.53.